The van der Waals surface area contributed by atoms with E-state index < -0.39 is 33.5 Å². The van der Waals surface area contributed by atoms with Gasteiger partial charge in [-0.1, -0.05) is 11.6 Å². The Bertz CT molecular complexity index is 1920. The van der Waals surface area contributed by atoms with Crippen molar-refractivity contribution in [3.63, 3.8) is 0 Å². The summed E-state index contributed by atoms with van der Waals surface area (Å²) in [5, 5.41) is 4.81. The van der Waals surface area contributed by atoms with E-state index in [1.54, 1.807) is 47.8 Å². The van der Waals surface area contributed by atoms with E-state index in [0.717, 1.165) is 12.8 Å². The number of nitrogens with zero attached hydrogens (tertiary/aromatic N) is 6. The number of amides is 1. The molecule has 11 nitrogen and oxygen atoms in total. The summed E-state index contributed by atoms with van der Waals surface area (Å²) in [7, 11) is -4.00. The first-order valence-electron chi connectivity index (χ1n) is 15.6. The lowest BCUT2D eigenvalue weighted by Gasteiger charge is -2.36. The van der Waals surface area contributed by atoms with Crippen molar-refractivity contribution in [2.45, 2.75) is 39.2 Å². The summed E-state index contributed by atoms with van der Waals surface area (Å²) in [6.45, 7) is 7.74. The van der Waals surface area contributed by atoms with Gasteiger partial charge in [0, 0.05) is 85.6 Å². The summed E-state index contributed by atoms with van der Waals surface area (Å²) in [6, 6.07) is 10.7. The van der Waals surface area contributed by atoms with Crippen LogP contribution in [0.15, 0.2) is 61.1 Å². The minimum Gasteiger partial charge on any atom is -0.444 e. The van der Waals surface area contributed by atoms with Gasteiger partial charge in [-0.05, 0) is 70.0 Å². The third-order valence-corrected chi connectivity index (χ3v) is 9.85. The van der Waals surface area contributed by atoms with Crippen molar-refractivity contribution < 1.29 is 26.7 Å². The van der Waals surface area contributed by atoms with Gasteiger partial charge in [0.15, 0.2) is 5.82 Å². The van der Waals surface area contributed by atoms with E-state index >= 15 is 8.78 Å². The van der Waals surface area contributed by atoms with Crippen LogP contribution in [0.4, 0.5) is 25.0 Å². The van der Waals surface area contributed by atoms with E-state index in [4.69, 9.17) is 21.4 Å². The van der Waals surface area contributed by atoms with Gasteiger partial charge < -0.3 is 14.5 Å². The van der Waals surface area contributed by atoms with Gasteiger partial charge in [-0.25, -0.2) is 18.3 Å². The molecule has 2 aromatic heterocycles. The van der Waals surface area contributed by atoms with Crippen molar-refractivity contribution in [1.29, 1.82) is 0 Å². The van der Waals surface area contributed by atoms with Crippen LogP contribution < -0.4 is 9.62 Å². The maximum absolute atomic E-state index is 16.2. The number of carbonyl (C=O) groups is 1. The molecule has 4 heterocycles. The number of hydrogen-bond acceptors (Lipinski definition) is 7. The molecule has 1 N–H and O–H groups in total. The van der Waals surface area contributed by atoms with Crippen LogP contribution in [0.5, 0.6) is 0 Å². The molecule has 1 amide bonds. The van der Waals surface area contributed by atoms with Gasteiger partial charge in [0.2, 0.25) is 0 Å². The molecule has 0 atom stereocenters. The average Bonchev–Trinajstić information content (AvgIpc) is 3.74. The minimum absolute atomic E-state index is 0.0136. The minimum atomic E-state index is -4.00. The standard InChI is InChI=1S/C33H36ClF2N7O4S/c1-33(2,3)47-32(44)41-16-14-40(15-17-41)29-7-6-24(20-27(29)35)43-21-26(31(38-43)22-8-10-37-11-9-22)25-18-23(34)19-28(30(25)36)39-48(45,46)42-12-4-5-13-42/h6-11,18-21,39H,4-5,12-17H2,1-3H3. The monoisotopic (exact) mass is 699 g/mol. The molecule has 2 aromatic carbocycles. The fraction of sp³-hybridized carbons (Fsp3) is 0.364. The van der Waals surface area contributed by atoms with Gasteiger partial charge in [-0.15, -0.1) is 0 Å². The molecule has 0 spiro atoms. The molecule has 0 saturated carbocycles. The van der Waals surface area contributed by atoms with Crippen LogP contribution in [0, 0.1) is 11.6 Å². The number of pyridine rings is 1. The molecular weight excluding hydrogens is 664 g/mol. The Hall–Kier alpha value is -4.27. The molecule has 4 aromatic rings. The normalized spacial score (nSPS) is 16.0. The summed E-state index contributed by atoms with van der Waals surface area (Å²) in [5.74, 6) is -1.32. The fourth-order valence-electron chi connectivity index (χ4n) is 5.77. The van der Waals surface area contributed by atoms with Crippen molar-refractivity contribution in [2.24, 2.45) is 0 Å². The number of carbonyl (C=O) groups excluding carboxylic acids is 1. The lowest BCUT2D eigenvalue weighted by Crippen LogP contribution is -2.50. The molecule has 2 saturated heterocycles. The van der Waals surface area contributed by atoms with Gasteiger partial charge in [0.05, 0.1) is 17.1 Å². The number of aromatic nitrogens is 3. The van der Waals surface area contributed by atoms with E-state index in [-0.39, 0.29) is 16.3 Å². The van der Waals surface area contributed by atoms with Crippen LogP contribution in [0.25, 0.3) is 28.1 Å². The molecule has 0 unspecified atom stereocenters. The van der Waals surface area contributed by atoms with Gasteiger partial charge in [-0.3, -0.25) is 9.71 Å². The third kappa shape index (κ3) is 7.25. The van der Waals surface area contributed by atoms with Gasteiger partial charge in [0.1, 0.15) is 17.1 Å². The van der Waals surface area contributed by atoms with E-state index in [9.17, 15) is 13.2 Å². The van der Waals surface area contributed by atoms with E-state index in [1.807, 2.05) is 25.7 Å². The molecule has 0 radical (unpaired) electrons. The highest BCUT2D eigenvalue weighted by molar-refractivity contribution is 7.90. The van der Waals surface area contributed by atoms with Crippen LogP contribution in [0.2, 0.25) is 5.02 Å². The molecule has 15 heteroatoms. The number of benzene rings is 2. The highest BCUT2D eigenvalue weighted by Crippen LogP contribution is 2.38. The quantitative estimate of drug-likeness (QED) is 0.240. The molecule has 2 aliphatic heterocycles. The van der Waals surface area contributed by atoms with Crippen LogP contribution in [-0.4, -0.2) is 83.4 Å². The maximum Gasteiger partial charge on any atom is 0.410 e. The Morgan fingerprint density at radius 3 is 2.27 bits per heavy atom. The summed E-state index contributed by atoms with van der Waals surface area (Å²) in [4.78, 5) is 20.0. The van der Waals surface area contributed by atoms with Crippen LogP contribution >= 0.6 is 11.6 Å². The SMILES string of the molecule is CC(C)(C)OC(=O)N1CCN(c2ccc(-n3cc(-c4cc(Cl)cc(NS(=O)(=O)N5CCCC5)c4F)c(-c4ccncc4)n3)cc2F)CC1. The lowest BCUT2D eigenvalue weighted by atomic mass is 10.0. The number of ether oxygens (including phenoxy) is 1. The summed E-state index contributed by atoms with van der Waals surface area (Å²) in [5.41, 5.74) is 1.14. The predicted molar refractivity (Wildman–Crippen MR) is 181 cm³/mol. The van der Waals surface area contributed by atoms with Gasteiger partial charge >= 0.3 is 16.3 Å². The molecular formula is C33H36ClF2N7O4S. The summed E-state index contributed by atoms with van der Waals surface area (Å²) in [6.07, 6.45) is 5.75. The Morgan fingerprint density at radius 2 is 1.62 bits per heavy atom. The zero-order valence-corrected chi connectivity index (χ0v) is 28.4. The topological polar surface area (TPSA) is 113 Å². The van der Waals surface area contributed by atoms with Crippen molar-refractivity contribution in [1.82, 2.24) is 24.0 Å². The number of hydrogen-bond donors (Lipinski definition) is 1. The summed E-state index contributed by atoms with van der Waals surface area (Å²) >= 11 is 6.41. The fourth-order valence-corrected chi connectivity index (χ4v) is 7.28. The molecule has 2 aliphatic rings. The van der Waals surface area contributed by atoms with Crippen LogP contribution in [-0.2, 0) is 14.9 Å². The Balaban J connectivity index is 1.31. The smallest absolute Gasteiger partial charge is 0.410 e. The first-order chi connectivity index (χ1) is 22.8. The average molecular weight is 700 g/mol. The number of rotatable bonds is 7. The number of halogens is 3. The molecule has 0 aliphatic carbocycles. The number of anilines is 2. The third-order valence-electron chi connectivity index (χ3n) is 8.11. The van der Waals surface area contributed by atoms with Crippen molar-refractivity contribution in [3.8, 4) is 28.1 Å². The first-order valence-corrected chi connectivity index (χ1v) is 17.4. The first kappa shape index (κ1) is 33.6. The zero-order valence-electron chi connectivity index (χ0n) is 26.8. The van der Waals surface area contributed by atoms with Crippen LogP contribution in [0.3, 0.4) is 0 Å². The van der Waals surface area contributed by atoms with Gasteiger partial charge in [-0.2, -0.15) is 17.8 Å². The van der Waals surface area contributed by atoms with Gasteiger partial charge in [0.25, 0.3) is 0 Å². The van der Waals surface area contributed by atoms with Crippen molar-refractivity contribution >= 4 is 39.3 Å². The molecule has 48 heavy (non-hydrogen) atoms. The maximum atomic E-state index is 16.2. The Labute approximate surface area is 283 Å². The highest BCUT2D eigenvalue weighted by atomic mass is 35.5. The second-order valence-corrected chi connectivity index (χ2v) is 14.8. The lowest BCUT2D eigenvalue weighted by molar-refractivity contribution is 0.0240. The predicted octanol–water partition coefficient (Wildman–Crippen LogP) is 6.34. The Kier molecular flexibility index (Phi) is 9.33. The van der Waals surface area contributed by atoms with Crippen LogP contribution in [0.1, 0.15) is 33.6 Å². The molecule has 2 fully saturated rings. The van der Waals surface area contributed by atoms with E-state index in [1.165, 1.54) is 27.2 Å². The second kappa shape index (κ2) is 13.3. The Morgan fingerprint density at radius 1 is 0.938 bits per heavy atom. The molecule has 254 valence electrons. The highest BCUT2D eigenvalue weighted by Gasteiger charge is 2.29. The molecule has 6 rings (SSSR count). The van der Waals surface area contributed by atoms with Crippen molar-refractivity contribution in [2.75, 3.05) is 48.9 Å². The number of nitrogens with one attached hydrogen (secondary N) is 1. The molecule has 0 bridgehead atoms. The summed E-state index contributed by atoms with van der Waals surface area (Å²) < 4.78 is 68.3. The zero-order chi connectivity index (χ0) is 34.2. The van der Waals surface area contributed by atoms with Crippen molar-refractivity contribution in [3.05, 3.63) is 77.7 Å². The number of piperazine rings is 1. The van der Waals surface area contributed by atoms with E-state index in [2.05, 4.69) is 9.71 Å². The largest absolute Gasteiger partial charge is 0.444 e. The second-order valence-electron chi connectivity index (χ2n) is 12.7. The van der Waals surface area contributed by atoms with E-state index in [0.29, 0.717) is 67.5 Å².